The lowest BCUT2D eigenvalue weighted by atomic mass is 10.3. The summed E-state index contributed by atoms with van der Waals surface area (Å²) in [4.78, 5) is 21.7. The molecule has 0 unspecified atom stereocenters. The molecule has 1 rings (SSSR count). The van der Waals surface area contributed by atoms with E-state index in [1.807, 2.05) is 0 Å². The Balaban J connectivity index is 2.32. The van der Waals surface area contributed by atoms with Gasteiger partial charge in [-0.3, -0.25) is 9.59 Å². The number of hydrogen-bond acceptors (Lipinski definition) is 4. The van der Waals surface area contributed by atoms with Crippen LogP contribution >= 0.6 is 23.2 Å². The minimum absolute atomic E-state index is 0.149. The first kappa shape index (κ1) is 15.7. The molecule has 0 amide bonds. The summed E-state index contributed by atoms with van der Waals surface area (Å²) < 4.78 is 22.6. The Bertz CT molecular complexity index is 451. The van der Waals surface area contributed by atoms with Crippen molar-refractivity contribution in [1.82, 2.24) is 0 Å². The van der Waals surface area contributed by atoms with Crippen LogP contribution in [-0.4, -0.2) is 23.4 Å². The molecule has 0 saturated carbocycles. The molecular formula is C12H11Cl2FO4. The second kappa shape index (κ2) is 7.96. The molecule has 0 radical (unpaired) electrons. The number of hydrogen-bond donors (Lipinski definition) is 0. The summed E-state index contributed by atoms with van der Waals surface area (Å²) >= 11 is 10.7. The molecular weight excluding hydrogens is 298 g/mol. The number of rotatable bonds is 6. The van der Waals surface area contributed by atoms with Crippen molar-refractivity contribution in [2.45, 2.75) is 17.7 Å². The smallest absolute Gasteiger partial charge is 0.311 e. The van der Waals surface area contributed by atoms with Crippen molar-refractivity contribution in [3.63, 3.8) is 0 Å². The summed E-state index contributed by atoms with van der Waals surface area (Å²) in [5.74, 6) is -2.18. The first-order chi connectivity index (χ1) is 8.99. The van der Waals surface area contributed by atoms with Gasteiger partial charge >= 0.3 is 11.9 Å². The second-order valence-corrected chi connectivity index (χ2v) is 4.76. The lowest BCUT2D eigenvalue weighted by Crippen LogP contribution is -2.14. The summed E-state index contributed by atoms with van der Waals surface area (Å²) in [6.45, 7) is -0.149. The van der Waals surface area contributed by atoms with Crippen molar-refractivity contribution in [2.24, 2.45) is 0 Å². The van der Waals surface area contributed by atoms with Gasteiger partial charge in [0.05, 0.1) is 12.8 Å². The quantitative estimate of drug-likeness (QED) is 0.461. The monoisotopic (exact) mass is 308 g/mol. The van der Waals surface area contributed by atoms with E-state index >= 15 is 0 Å². The molecule has 0 saturated heterocycles. The molecule has 0 bridgehead atoms. The zero-order chi connectivity index (χ0) is 14.3. The van der Waals surface area contributed by atoms with E-state index < -0.39 is 22.6 Å². The molecule has 1 aromatic rings. The Hall–Kier alpha value is -1.33. The molecule has 0 heterocycles. The van der Waals surface area contributed by atoms with Gasteiger partial charge in [0, 0.05) is 0 Å². The molecule has 0 atom stereocenters. The van der Waals surface area contributed by atoms with Crippen LogP contribution in [0.5, 0.6) is 5.75 Å². The van der Waals surface area contributed by atoms with Gasteiger partial charge in [0.1, 0.15) is 11.4 Å². The number of carbonyl (C=O) groups is 2. The lowest BCUT2D eigenvalue weighted by molar-refractivity contribution is -0.146. The van der Waals surface area contributed by atoms with Crippen molar-refractivity contribution in [3.8, 4) is 5.75 Å². The highest BCUT2D eigenvalue weighted by molar-refractivity contribution is 6.44. The molecule has 19 heavy (non-hydrogen) atoms. The molecule has 4 nitrogen and oxygen atoms in total. The van der Waals surface area contributed by atoms with E-state index in [1.54, 1.807) is 0 Å². The normalized spacial score (nSPS) is 10.3. The molecule has 0 aromatic heterocycles. The van der Waals surface area contributed by atoms with Crippen molar-refractivity contribution in [3.05, 3.63) is 30.1 Å². The highest BCUT2D eigenvalue weighted by Crippen LogP contribution is 2.16. The minimum Gasteiger partial charge on any atom is -0.463 e. The third-order valence-corrected chi connectivity index (χ3v) is 2.22. The predicted octanol–water partition coefficient (Wildman–Crippen LogP) is 2.86. The number of benzene rings is 1. The SMILES string of the molecule is O=C(CCC(=O)Oc1ccccc1F)OCC(Cl)Cl. The van der Waals surface area contributed by atoms with Gasteiger partial charge in [0.2, 0.25) is 0 Å². The van der Waals surface area contributed by atoms with Crippen molar-refractivity contribution in [2.75, 3.05) is 6.61 Å². The van der Waals surface area contributed by atoms with Crippen LogP contribution in [0.4, 0.5) is 4.39 Å². The average molecular weight is 309 g/mol. The van der Waals surface area contributed by atoms with Gasteiger partial charge in [0.25, 0.3) is 0 Å². The Morgan fingerprint density at radius 2 is 1.79 bits per heavy atom. The van der Waals surface area contributed by atoms with Gasteiger partial charge in [-0.25, -0.2) is 4.39 Å². The van der Waals surface area contributed by atoms with Crippen LogP contribution in [0.15, 0.2) is 24.3 Å². The molecule has 0 aliphatic heterocycles. The molecule has 0 fully saturated rings. The average Bonchev–Trinajstić information content (AvgIpc) is 2.36. The highest BCUT2D eigenvalue weighted by Gasteiger charge is 2.13. The Labute approximate surface area is 119 Å². The number of ether oxygens (including phenoxy) is 2. The third-order valence-electron chi connectivity index (χ3n) is 1.96. The Kier molecular flexibility index (Phi) is 6.59. The maximum atomic E-state index is 13.2. The van der Waals surface area contributed by atoms with Crippen molar-refractivity contribution >= 4 is 35.1 Å². The second-order valence-electron chi connectivity index (χ2n) is 3.48. The van der Waals surface area contributed by atoms with Crippen LogP contribution in [-0.2, 0) is 14.3 Å². The summed E-state index contributed by atoms with van der Waals surface area (Å²) in [6, 6.07) is 5.48. The van der Waals surface area contributed by atoms with Crippen LogP contribution in [0, 0.1) is 5.82 Å². The van der Waals surface area contributed by atoms with Gasteiger partial charge < -0.3 is 9.47 Å². The van der Waals surface area contributed by atoms with Crippen LogP contribution in [0.2, 0.25) is 0 Å². The van der Waals surface area contributed by atoms with Crippen molar-refractivity contribution < 1.29 is 23.5 Å². The molecule has 104 valence electrons. The van der Waals surface area contributed by atoms with Gasteiger partial charge in [-0.1, -0.05) is 12.1 Å². The van der Waals surface area contributed by atoms with Gasteiger partial charge in [-0.2, -0.15) is 0 Å². The zero-order valence-corrected chi connectivity index (χ0v) is 11.3. The largest absolute Gasteiger partial charge is 0.463 e. The Morgan fingerprint density at radius 1 is 1.16 bits per heavy atom. The first-order valence-electron chi connectivity index (χ1n) is 5.38. The van der Waals surface area contributed by atoms with E-state index in [0.29, 0.717) is 0 Å². The maximum absolute atomic E-state index is 13.2. The predicted molar refractivity (Wildman–Crippen MR) is 67.7 cm³/mol. The van der Waals surface area contributed by atoms with Crippen molar-refractivity contribution in [1.29, 1.82) is 0 Å². The summed E-state index contributed by atoms with van der Waals surface area (Å²) in [5, 5.41) is 0. The number of halogens is 3. The number of carbonyl (C=O) groups excluding carboxylic acids is 2. The maximum Gasteiger partial charge on any atom is 0.311 e. The van der Waals surface area contributed by atoms with Crippen LogP contribution in [0.3, 0.4) is 0 Å². The number of para-hydroxylation sites is 1. The van der Waals surface area contributed by atoms with E-state index in [4.69, 9.17) is 27.9 Å². The summed E-state index contributed by atoms with van der Waals surface area (Å²) in [6.07, 6.45) is -0.407. The van der Waals surface area contributed by atoms with E-state index in [1.165, 1.54) is 18.2 Å². The molecule has 0 spiro atoms. The van der Waals surface area contributed by atoms with E-state index in [-0.39, 0.29) is 25.2 Å². The number of esters is 2. The topological polar surface area (TPSA) is 52.6 Å². The van der Waals surface area contributed by atoms with Gasteiger partial charge in [0.15, 0.2) is 11.6 Å². The molecule has 0 N–H and O–H groups in total. The van der Waals surface area contributed by atoms with Gasteiger partial charge in [-0.05, 0) is 12.1 Å². The molecule has 1 aromatic carbocycles. The lowest BCUT2D eigenvalue weighted by Gasteiger charge is -2.06. The zero-order valence-electron chi connectivity index (χ0n) is 9.77. The molecule has 7 heteroatoms. The van der Waals surface area contributed by atoms with Crippen LogP contribution in [0.1, 0.15) is 12.8 Å². The van der Waals surface area contributed by atoms with E-state index in [2.05, 4.69) is 4.74 Å². The summed E-state index contributed by atoms with van der Waals surface area (Å²) in [7, 11) is 0. The van der Waals surface area contributed by atoms with E-state index in [0.717, 1.165) is 6.07 Å². The highest BCUT2D eigenvalue weighted by atomic mass is 35.5. The fraction of sp³-hybridized carbons (Fsp3) is 0.333. The third kappa shape index (κ3) is 6.40. The van der Waals surface area contributed by atoms with E-state index in [9.17, 15) is 14.0 Å². The molecule has 0 aliphatic rings. The minimum atomic E-state index is -0.811. The molecule has 0 aliphatic carbocycles. The van der Waals surface area contributed by atoms with Crippen LogP contribution < -0.4 is 4.74 Å². The first-order valence-corrected chi connectivity index (χ1v) is 6.25. The van der Waals surface area contributed by atoms with Crippen LogP contribution in [0.25, 0.3) is 0 Å². The fourth-order valence-electron chi connectivity index (χ4n) is 1.13. The number of alkyl halides is 2. The summed E-state index contributed by atoms with van der Waals surface area (Å²) in [5.41, 5.74) is 0. The fourth-order valence-corrected chi connectivity index (χ4v) is 1.26. The standard InChI is InChI=1S/C12H11Cl2FO4/c13-10(14)7-18-11(16)5-6-12(17)19-9-4-2-1-3-8(9)15/h1-4,10H,5-7H2. The Morgan fingerprint density at radius 3 is 2.42 bits per heavy atom. The van der Waals surface area contributed by atoms with Gasteiger partial charge in [-0.15, -0.1) is 23.2 Å².